The number of nitrogen functional groups attached to an aromatic ring is 1. The molecule has 2 bridgehead atoms. The van der Waals surface area contributed by atoms with Gasteiger partial charge in [-0.15, -0.1) is 0 Å². The summed E-state index contributed by atoms with van der Waals surface area (Å²) < 4.78 is 20.4. The van der Waals surface area contributed by atoms with Crippen LogP contribution >= 0.6 is 0 Å². The molecule has 3 aliphatic heterocycles. The van der Waals surface area contributed by atoms with Crippen molar-refractivity contribution in [2.45, 2.75) is 44.0 Å². The molecule has 0 amide bonds. The number of hydrogen-bond donors (Lipinski definition) is 2. The van der Waals surface area contributed by atoms with Crippen LogP contribution in [0.3, 0.4) is 0 Å². The number of aromatic nitrogens is 1. The standard InChI is InChI=1S/C23H25FN6O/c1-12-16-8-14(24)5-6-15(16)21-17(29(21)3)9-23(2)20(18(10-25)30(4)28-23)13-7-19(31-12)22(26)27-11-13/h5-8,11-12,17,21,28H,9H2,1-4H3,(H2,26,27)/t12-,17?,21?,23?,29?/m1/s1. The Morgan fingerprint density at radius 2 is 2.10 bits per heavy atom. The Morgan fingerprint density at radius 1 is 1.32 bits per heavy atom. The number of anilines is 1. The van der Waals surface area contributed by atoms with Gasteiger partial charge in [0.2, 0.25) is 0 Å². The number of nitriles is 1. The SMILES string of the molecule is C[C@H]1Oc2cc(cnc2N)C2=C(C#N)N(C)NC2(C)CC2C(c3ccc(F)cc31)N2C. The molecule has 160 valence electrons. The third kappa shape index (κ3) is 2.96. The molecule has 4 heterocycles. The van der Waals surface area contributed by atoms with Gasteiger partial charge in [-0.2, -0.15) is 5.26 Å². The van der Waals surface area contributed by atoms with Crippen molar-refractivity contribution in [1.29, 1.82) is 5.26 Å². The zero-order valence-electron chi connectivity index (χ0n) is 18.0. The van der Waals surface area contributed by atoms with Crippen LogP contribution in [-0.2, 0) is 0 Å². The molecule has 1 fully saturated rings. The highest BCUT2D eigenvalue weighted by molar-refractivity contribution is 5.80. The van der Waals surface area contributed by atoms with E-state index in [9.17, 15) is 9.65 Å². The normalized spacial score (nSPS) is 31.4. The number of hydrazine groups is 1. The number of fused-ring (bicyclic) bond motifs is 7. The molecule has 0 radical (unpaired) electrons. The van der Waals surface area contributed by atoms with Crippen molar-refractivity contribution in [2.75, 3.05) is 19.8 Å². The van der Waals surface area contributed by atoms with E-state index in [2.05, 4.69) is 35.4 Å². The van der Waals surface area contributed by atoms with Gasteiger partial charge in [0.05, 0.1) is 11.6 Å². The maximum atomic E-state index is 14.2. The van der Waals surface area contributed by atoms with Gasteiger partial charge in [-0.3, -0.25) is 4.90 Å². The number of ether oxygens (including phenoxy) is 1. The first-order valence-electron chi connectivity index (χ1n) is 10.3. The lowest BCUT2D eigenvalue weighted by Gasteiger charge is -2.30. The quantitative estimate of drug-likeness (QED) is 0.633. The van der Waals surface area contributed by atoms with Crippen LogP contribution < -0.4 is 15.9 Å². The lowest BCUT2D eigenvalue weighted by Crippen LogP contribution is -2.45. The molecule has 0 saturated carbocycles. The van der Waals surface area contributed by atoms with E-state index in [0.29, 0.717) is 11.4 Å². The van der Waals surface area contributed by atoms with Gasteiger partial charge in [0.15, 0.2) is 11.6 Å². The van der Waals surface area contributed by atoms with E-state index in [1.165, 1.54) is 6.07 Å². The zero-order valence-corrected chi connectivity index (χ0v) is 18.0. The Balaban J connectivity index is 1.73. The predicted octanol–water partition coefficient (Wildman–Crippen LogP) is 3.15. The molecule has 1 aromatic heterocycles. The first-order valence-corrected chi connectivity index (χ1v) is 10.3. The Labute approximate surface area is 180 Å². The Kier molecular flexibility index (Phi) is 4.26. The smallest absolute Gasteiger partial charge is 0.166 e. The summed E-state index contributed by atoms with van der Waals surface area (Å²) in [7, 11) is 3.92. The molecule has 5 rings (SSSR count). The molecule has 3 aliphatic rings. The average molecular weight is 420 g/mol. The third-order valence-electron chi connectivity index (χ3n) is 6.78. The maximum Gasteiger partial charge on any atom is 0.166 e. The summed E-state index contributed by atoms with van der Waals surface area (Å²) in [5, 5.41) is 11.7. The number of allylic oxidation sites excluding steroid dienone is 1. The van der Waals surface area contributed by atoms with Crippen molar-refractivity contribution in [1.82, 2.24) is 20.3 Å². The van der Waals surface area contributed by atoms with E-state index in [1.807, 2.05) is 26.1 Å². The second-order valence-electron chi connectivity index (χ2n) is 8.86. The fourth-order valence-electron chi connectivity index (χ4n) is 5.26. The van der Waals surface area contributed by atoms with Gasteiger partial charge in [0, 0.05) is 30.4 Å². The molecule has 5 atom stereocenters. The highest BCUT2D eigenvalue weighted by Crippen LogP contribution is 2.51. The number of rotatable bonds is 0. The molecule has 1 saturated heterocycles. The molecular weight excluding hydrogens is 395 g/mol. The van der Waals surface area contributed by atoms with Crippen LogP contribution in [-0.4, -0.2) is 40.6 Å². The largest absolute Gasteiger partial charge is 0.482 e. The summed E-state index contributed by atoms with van der Waals surface area (Å²) in [5.74, 6) is 0.381. The van der Waals surface area contributed by atoms with Crippen LogP contribution in [0, 0.1) is 17.1 Å². The van der Waals surface area contributed by atoms with Gasteiger partial charge in [-0.05, 0) is 56.6 Å². The minimum absolute atomic E-state index is 0.145. The molecule has 8 heteroatoms. The molecule has 7 nitrogen and oxygen atoms in total. The number of nitrogens with one attached hydrogen (secondary N) is 1. The Hall–Kier alpha value is -3.15. The second kappa shape index (κ2) is 6.67. The second-order valence-corrected chi connectivity index (χ2v) is 8.86. The number of nitrogens with two attached hydrogens (primary N) is 1. The molecule has 31 heavy (non-hydrogen) atoms. The summed E-state index contributed by atoms with van der Waals surface area (Å²) in [6.45, 7) is 3.99. The van der Waals surface area contributed by atoms with E-state index in [0.717, 1.165) is 28.7 Å². The van der Waals surface area contributed by atoms with Gasteiger partial charge < -0.3 is 15.5 Å². The number of hydrogen-bond acceptors (Lipinski definition) is 7. The molecule has 0 spiro atoms. The van der Waals surface area contributed by atoms with Crippen molar-refractivity contribution >= 4 is 11.4 Å². The lowest BCUT2D eigenvalue weighted by molar-refractivity contribution is 0.225. The average Bonchev–Trinajstić information content (AvgIpc) is 3.24. The van der Waals surface area contributed by atoms with E-state index in [4.69, 9.17) is 10.5 Å². The Morgan fingerprint density at radius 3 is 2.84 bits per heavy atom. The summed E-state index contributed by atoms with van der Waals surface area (Å²) in [5.41, 5.74) is 13.2. The van der Waals surface area contributed by atoms with Crippen LogP contribution in [0.15, 0.2) is 36.2 Å². The van der Waals surface area contributed by atoms with E-state index < -0.39 is 11.6 Å². The van der Waals surface area contributed by atoms with Crippen molar-refractivity contribution in [2.24, 2.45) is 0 Å². The minimum atomic E-state index is -0.492. The van der Waals surface area contributed by atoms with Crippen molar-refractivity contribution in [3.63, 3.8) is 0 Å². The van der Waals surface area contributed by atoms with Gasteiger partial charge >= 0.3 is 0 Å². The van der Waals surface area contributed by atoms with E-state index >= 15 is 0 Å². The monoisotopic (exact) mass is 420 g/mol. The van der Waals surface area contributed by atoms with Gasteiger partial charge in [-0.1, -0.05) is 6.07 Å². The van der Waals surface area contributed by atoms with Crippen LogP contribution in [0.25, 0.3) is 5.57 Å². The molecule has 4 unspecified atom stereocenters. The maximum absolute atomic E-state index is 14.2. The van der Waals surface area contributed by atoms with Crippen LogP contribution in [0.1, 0.15) is 49.1 Å². The number of nitrogens with zero attached hydrogens (tertiary/aromatic N) is 4. The Bertz CT molecular complexity index is 1160. The predicted molar refractivity (Wildman–Crippen MR) is 115 cm³/mol. The van der Waals surface area contributed by atoms with Crippen molar-refractivity contribution in [3.8, 4) is 11.8 Å². The topological polar surface area (TPSA) is 90.2 Å². The van der Waals surface area contributed by atoms with Crippen LogP contribution in [0.5, 0.6) is 5.75 Å². The summed E-state index contributed by atoms with van der Waals surface area (Å²) >= 11 is 0. The number of benzene rings is 1. The fourth-order valence-corrected chi connectivity index (χ4v) is 5.26. The lowest BCUT2D eigenvalue weighted by atomic mass is 9.82. The zero-order chi connectivity index (χ0) is 22.1. The van der Waals surface area contributed by atoms with Crippen molar-refractivity contribution < 1.29 is 9.13 Å². The first-order chi connectivity index (χ1) is 14.7. The fraction of sp³-hybridized carbons (Fsp3) is 0.391. The number of pyridine rings is 1. The molecule has 0 aliphatic carbocycles. The number of likely N-dealkylation sites (N-methyl/N-ethyl adjacent to an activating group) is 1. The molecular formula is C23H25FN6O. The molecule has 2 aromatic rings. The van der Waals surface area contributed by atoms with Crippen LogP contribution in [0.2, 0.25) is 0 Å². The summed E-state index contributed by atoms with van der Waals surface area (Å²) in [6.07, 6.45) is 2.04. The number of halogens is 1. The van der Waals surface area contributed by atoms with Crippen LogP contribution in [0.4, 0.5) is 10.2 Å². The highest BCUT2D eigenvalue weighted by Gasteiger charge is 2.53. The van der Waals surface area contributed by atoms with Gasteiger partial charge in [-0.25, -0.2) is 14.8 Å². The van der Waals surface area contributed by atoms with E-state index in [-0.39, 0.29) is 23.7 Å². The van der Waals surface area contributed by atoms with E-state index in [1.54, 1.807) is 17.3 Å². The van der Waals surface area contributed by atoms with Gasteiger partial charge in [0.1, 0.15) is 23.7 Å². The van der Waals surface area contributed by atoms with Gasteiger partial charge in [0.25, 0.3) is 0 Å². The van der Waals surface area contributed by atoms with Crippen molar-refractivity contribution in [3.05, 3.63) is 58.7 Å². The summed E-state index contributed by atoms with van der Waals surface area (Å²) in [6, 6.07) is 9.44. The third-order valence-corrected chi connectivity index (χ3v) is 6.78. The first kappa shape index (κ1) is 19.8. The highest BCUT2D eigenvalue weighted by atomic mass is 19.1. The minimum Gasteiger partial charge on any atom is -0.482 e. The molecule has 1 aromatic carbocycles. The molecule has 3 N–H and O–H groups in total. The summed E-state index contributed by atoms with van der Waals surface area (Å²) in [4.78, 5) is 6.62.